The Hall–Kier alpha value is -3.65. The Balaban J connectivity index is 1.82. The first-order chi connectivity index (χ1) is 14.2. The van der Waals surface area contributed by atoms with Crippen molar-refractivity contribution >= 4 is 27.6 Å². The Bertz CT molecular complexity index is 1120. The van der Waals surface area contributed by atoms with E-state index in [4.69, 9.17) is 21.1 Å². The fourth-order valence-electron chi connectivity index (χ4n) is 3.02. The number of sulfonamides is 1. The van der Waals surface area contributed by atoms with Crippen LogP contribution in [0.4, 0.5) is 5.69 Å². The normalized spacial score (nSPS) is 15.3. The minimum absolute atomic E-state index is 0.144. The molecule has 0 fully saturated rings. The van der Waals surface area contributed by atoms with E-state index in [0.29, 0.717) is 35.6 Å². The molecule has 1 aliphatic rings. The average molecular weight is 428 g/mol. The quantitative estimate of drug-likeness (QED) is 0.476. The van der Waals surface area contributed by atoms with Gasteiger partial charge in [-0.05, 0) is 36.8 Å². The Morgan fingerprint density at radius 2 is 2.20 bits per heavy atom. The van der Waals surface area contributed by atoms with Gasteiger partial charge in [-0.3, -0.25) is 10.2 Å². The highest BCUT2D eigenvalue weighted by Crippen LogP contribution is 2.36. The molecule has 1 amide bonds. The molecule has 0 saturated carbocycles. The number of hydrogen-bond donors (Lipinski definition) is 3. The summed E-state index contributed by atoms with van der Waals surface area (Å²) in [6.07, 6.45) is 1.77. The molecule has 11 heteroatoms. The van der Waals surface area contributed by atoms with E-state index < -0.39 is 21.9 Å². The number of rotatable bonds is 5. The van der Waals surface area contributed by atoms with Crippen LogP contribution in [0, 0.1) is 16.7 Å². The number of aromatic nitrogens is 1. The summed E-state index contributed by atoms with van der Waals surface area (Å²) >= 11 is 0. The highest BCUT2D eigenvalue weighted by atomic mass is 32.2. The Kier molecular flexibility index (Phi) is 5.89. The third-order valence-electron chi connectivity index (χ3n) is 4.72. The number of amides is 1. The molecule has 1 atom stereocenters. The van der Waals surface area contributed by atoms with Gasteiger partial charge in [-0.1, -0.05) is 0 Å². The van der Waals surface area contributed by atoms with Gasteiger partial charge in [-0.15, -0.1) is 0 Å². The second-order valence-electron chi connectivity index (χ2n) is 6.72. The van der Waals surface area contributed by atoms with Gasteiger partial charge in [0.25, 0.3) is 5.91 Å². The molecule has 1 aromatic heterocycles. The van der Waals surface area contributed by atoms with E-state index in [1.165, 1.54) is 25.4 Å². The van der Waals surface area contributed by atoms with E-state index in [1.807, 2.05) is 6.07 Å². The summed E-state index contributed by atoms with van der Waals surface area (Å²) < 4.78 is 31.4. The number of anilines is 1. The largest absolute Gasteiger partial charge is 0.493 e. The first-order valence-corrected chi connectivity index (χ1v) is 10.6. The summed E-state index contributed by atoms with van der Waals surface area (Å²) in [5.74, 6) is -1.10. The van der Waals surface area contributed by atoms with E-state index in [9.17, 15) is 13.2 Å². The standard InChI is InChI=1S/C19H20N6O4S/c1-25(19(21)22)30(27,28)11-13-6-7-29-17-5-3-14(8-15(13)17)24-18(26)16-4-2-12(9-20)10-23-16/h2-5,8,10,13H,6-7,11H2,1H3,(H3,21,22)(H,24,26). The predicted octanol–water partition coefficient (Wildman–Crippen LogP) is 1.23. The molecule has 4 N–H and O–H groups in total. The highest BCUT2D eigenvalue weighted by Gasteiger charge is 2.30. The molecule has 0 saturated heterocycles. The number of guanidine groups is 1. The van der Waals surface area contributed by atoms with Crippen molar-refractivity contribution in [1.29, 1.82) is 10.7 Å². The Morgan fingerprint density at radius 3 is 2.83 bits per heavy atom. The minimum Gasteiger partial charge on any atom is -0.493 e. The molecule has 2 heterocycles. The number of hydrogen-bond acceptors (Lipinski definition) is 7. The Morgan fingerprint density at radius 1 is 1.43 bits per heavy atom. The molecular formula is C19H20N6O4S. The zero-order chi connectivity index (χ0) is 21.9. The second kappa shape index (κ2) is 8.38. The number of carbonyl (C=O) groups is 1. The lowest BCUT2D eigenvalue weighted by Crippen LogP contribution is -2.40. The highest BCUT2D eigenvalue weighted by molar-refractivity contribution is 7.89. The van der Waals surface area contributed by atoms with E-state index >= 15 is 0 Å². The molecule has 3 rings (SSSR count). The molecule has 1 unspecified atom stereocenters. The van der Waals surface area contributed by atoms with Crippen molar-refractivity contribution in [2.24, 2.45) is 5.73 Å². The van der Waals surface area contributed by atoms with Crippen molar-refractivity contribution in [2.45, 2.75) is 12.3 Å². The molecular weight excluding hydrogens is 408 g/mol. The van der Waals surface area contributed by atoms with Gasteiger partial charge < -0.3 is 15.8 Å². The van der Waals surface area contributed by atoms with Crippen molar-refractivity contribution in [3.63, 3.8) is 0 Å². The first-order valence-electron chi connectivity index (χ1n) is 8.96. The van der Waals surface area contributed by atoms with E-state index in [1.54, 1.807) is 18.2 Å². The summed E-state index contributed by atoms with van der Waals surface area (Å²) in [4.78, 5) is 16.4. The van der Waals surface area contributed by atoms with Crippen molar-refractivity contribution in [3.05, 3.63) is 53.3 Å². The smallest absolute Gasteiger partial charge is 0.274 e. The van der Waals surface area contributed by atoms with Gasteiger partial charge in [0.1, 0.15) is 17.5 Å². The minimum atomic E-state index is -3.78. The number of nitriles is 1. The van der Waals surface area contributed by atoms with Crippen LogP contribution in [0.25, 0.3) is 0 Å². The van der Waals surface area contributed by atoms with Crippen LogP contribution >= 0.6 is 0 Å². The number of nitrogens with one attached hydrogen (secondary N) is 2. The maximum Gasteiger partial charge on any atom is 0.274 e. The SMILES string of the molecule is CN(C(=N)N)S(=O)(=O)CC1CCOc2ccc(NC(=O)c3ccc(C#N)cn3)cc21. The number of fused-ring (bicyclic) bond motifs is 1. The summed E-state index contributed by atoms with van der Waals surface area (Å²) in [7, 11) is -2.55. The summed E-state index contributed by atoms with van der Waals surface area (Å²) in [5.41, 5.74) is 6.90. The molecule has 0 radical (unpaired) electrons. The van der Waals surface area contributed by atoms with Crippen LogP contribution in [-0.2, 0) is 10.0 Å². The molecule has 0 bridgehead atoms. The van der Waals surface area contributed by atoms with Gasteiger partial charge in [0, 0.05) is 30.4 Å². The third kappa shape index (κ3) is 4.49. The van der Waals surface area contributed by atoms with Crippen LogP contribution in [0.1, 0.15) is 34.0 Å². The average Bonchev–Trinajstić information content (AvgIpc) is 2.73. The topological polar surface area (TPSA) is 162 Å². The molecule has 0 spiro atoms. The van der Waals surface area contributed by atoms with Crippen molar-refractivity contribution in [3.8, 4) is 11.8 Å². The number of benzene rings is 1. The number of nitrogens with zero attached hydrogens (tertiary/aromatic N) is 3. The summed E-state index contributed by atoms with van der Waals surface area (Å²) in [5, 5.41) is 18.9. The molecule has 2 aromatic rings. The van der Waals surface area contributed by atoms with Gasteiger partial charge >= 0.3 is 0 Å². The van der Waals surface area contributed by atoms with Gasteiger partial charge in [0.05, 0.1) is 17.9 Å². The lowest BCUT2D eigenvalue weighted by Gasteiger charge is -2.28. The number of pyridine rings is 1. The molecule has 1 aliphatic heterocycles. The number of nitrogens with two attached hydrogens (primary N) is 1. The van der Waals surface area contributed by atoms with Gasteiger partial charge in [-0.25, -0.2) is 17.7 Å². The molecule has 10 nitrogen and oxygen atoms in total. The van der Waals surface area contributed by atoms with E-state index in [0.717, 1.165) is 4.31 Å². The molecule has 1 aromatic carbocycles. The fraction of sp³-hybridized carbons (Fsp3) is 0.263. The van der Waals surface area contributed by atoms with Gasteiger partial charge in [0.2, 0.25) is 16.0 Å². The maximum atomic E-state index is 12.5. The van der Waals surface area contributed by atoms with E-state index in [-0.39, 0.29) is 17.4 Å². The predicted molar refractivity (Wildman–Crippen MR) is 110 cm³/mol. The van der Waals surface area contributed by atoms with Crippen LogP contribution in [0.2, 0.25) is 0 Å². The third-order valence-corrected chi connectivity index (χ3v) is 6.58. The number of ether oxygens (including phenoxy) is 1. The summed E-state index contributed by atoms with van der Waals surface area (Å²) in [6, 6.07) is 9.87. The molecule has 156 valence electrons. The van der Waals surface area contributed by atoms with Crippen LogP contribution in [-0.4, -0.2) is 49.0 Å². The second-order valence-corrected chi connectivity index (χ2v) is 8.76. The van der Waals surface area contributed by atoms with Crippen LogP contribution in [0.3, 0.4) is 0 Å². The van der Waals surface area contributed by atoms with Crippen LogP contribution in [0.15, 0.2) is 36.5 Å². The van der Waals surface area contributed by atoms with Gasteiger partial charge in [-0.2, -0.15) is 5.26 Å². The van der Waals surface area contributed by atoms with E-state index in [2.05, 4.69) is 10.3 Å². The van der Waals surface area contributed by atoms with Crippen LogP contribution < -0.4 is 15.8 Å². The summed E-state index contributed by atoms with van der Waals surface area (Å²) in [6.45, 7) is 0.359. The van der Waals surface area contributed by atoms with Gasteiger partial charge in [0.15, 0.2) is 0 Å². The van der Waals surface area contributed by atoms with Crippen molar-refractivity contribution in [1.82, 2.24) is 9.29 Å². The van der Waals surface area contributed by atoms with Crippen LogP contribution in [0.5, 0.6) is 5.75 Å². The number of carbonyl (C=O) groups excluding carboxylic acids is 1. The maximum absolute atomic E-state index is 12.5. The Labute approximate surface area is 173 Å². The fourth-order valence-corrected chi connectivity index (χ4v) is 4.40. The zero-order valence-electron chi connectivity index (χ0n) is 16.1. The lowest BCUT2D eigenvalue weighted by atomic mass is 9.94. The van der Waals surface area contributed by atoms with Crippen molar-refractivity contribution in [2.75, 3.05) is 24.7 Å². The molecule has 0 aliphatic carbocycles. The van der Waals surface area contributed by atoms with Crippen molar-refractivity contribution < 1.29 is 17.9 Å². The monoisotopic (exact) mass is 428 g/mol. The molecule has 30 heavy (non-hydrogen) atoms. The first kappa shape index (κ1) is 21.1. The lowest BCUT2D eigenvalue weighted by molar-refractivity contribution is 0.102. The zero-order valence-corrected chi connectivity index (χ0v) is 16.9.